The van der Waals surface area contributed by atoms with E-state index in [2.05, 4.69) is 0 Å². The monoisotopic (exact) mass is 341 g/mol. The van der Waals surface area contributed by atoms with Crippen LogP contribution in [0.1, 0.15) is 33.5 Å². The van der Waals surface area contributed by atoms with E-state index in [1.165, 1.54) is 18.4 Å². The lowest BCUT2D eigenvalue weighted by atomic mass is 10.4. The fourth-order valence-electron chi connectivity index (χ4n) is 1.48. The first-order chi connectivity index (χ1) is 11.2. The summed E-state index contributed by atoms with van der Waals surface area (Å²) in [6.45, 7) is 6.29. The number of hydrogen-bond donors (Lipinski definition) is 1. The molecule has 0 fully saturated rings. The van der Waals surface area contributed by atoms with Crippen molar-refractivity contribution in [2.45, 2.75) is 39.9 Å². The van der Waals surface area contributed by atoms with Gasteiger partial charge in [0.15, 0.2) is 0 Å². The van der Waals surface area contributed by atoms with Gasteiger partial charge in [0.05, 0.1) is 18.4 Å². The lowest BCUT2D eigenvalue weighted by Gasteiger charge is -2.18. The normalized spacial score (nSPS) is 11.3. The highest BCUT2D eigenvalue weighted by molar-refractivity contribution is 5.76. The summed E-state index contributed by atoms with van der Waals surface area (Å²) in [6, 6.07) is 2.96. The largest absolute Gasteiger partial charge is 0.532 e. The van der Waals surface area contributed by atoms with Crippen molar-refractivity contribution in [3.63, 3.8) is 0 Å². The number of furan rings is 1. The lowest BCUT2D eigenvalue weighted by molar-refractivity contribution is -0.443. The fraction of sp³-hybridized carbons (Fsp3) is 0.429. The Balaban J connectivity index is 3.14. The molecule has 0 atom stereocenters. The summed E-state index contributed by atoms with van der Waals surface area (Å²) < 4.78 is 14.7. The first kappa shape index (κ1) is 19.0. The average molecular weight is 341 g/mol. The second kappa shape index (κ2) is 8.56. The average Bonchev–Trinajstić information content (AvgIpc) is 2.93. The van der Waals surface area contributed by atoms with E-state index in [-0.39, 0.29) is 5.76 Å². The van der Waals surface area contributed by atoms with E-state index in [0.717, 1.165) is 6.08 Å². The van der Waals surface area contributed by atoms with Gasteiger partial charge in [0.1, 0.15) is 11.9 Å². The van der Waals surface area contributed by atoms with Crippen LogP contribution in [0.3, 0.4) is 0 Å². The Bertz CT molecular complexity index is 608. The van der Waals surface area contributed by atoms with Gasteiger partial charge in [-0.05, 0) is 49.8 Å². The Hall–Kier alpha value is -3.04. The molecule has 1 heterocycles. The standard InChI is InChI=1S/C14H19N3O7/c1-9(2)23-13(18)15-16(14(19)24-10(3)4)12(17(20)21)8-11-6-5-7-22-11/h5-10H,1-4H3,(H,15,18)/b12-8+. The first-order valence-electron chi connectivity index (χ1n) is 7.08. The zero-order chi connectivity index (χ0) is 18.3. The number of carbonyl (C=O) groups excluding carboxylic acids is 2. The van der Waals surface area contributed by atoms with Crippen LogP contribution in [-0.4, -0.2) is 34.3 Å². The van der Waals surface area contributed by atoms with Crippen LogP contribution >= 0.6 is 0 Å². The minimum Gasteiger partial charge on any atom is -0.465 e. The number of nitro groups is 1. The van der Waals surface area contributed by atoms with Gasteiger partial charge in [-0.15, -0.1) is 5.43 Å². The first-order valence-corrected chi connectivity index (χ1v) is 7.08. The molecule has 1 N–H and O–H groups in total. The number of nitrogens with zero attached hydrogens (tertiary/aromatic N) is 2. The molecule has 0 bridgehead atoms. The quantitative estimate of drug-likeness (QED) is 0.645. The highest BCUT2D eigenvalue weighted by Crippen LogP contribution is 2.13. The van der Waals surface area contributed by atoms with Crippen molar-refractivity contribution in [3.05, 3.63) is 40.1 Å². The smallest absolute Gasteiger partial charge is 0.465 e. The van der Waals surface area contributed by atoms with Crippen molar-refractivity contribution >= 4 is 18.3 Å². The number of ether oxygens (including phenoxy) is 2. The molecule has 1 rings (SSSR count). The predicted octanol–water partition coefficient (Wildman–Crippen LogP) is 2.75. The summed E-state index contributed by atoms with van der Waals surface area (Å²) in [6.07, 6.45) is -0.948. The number of nitrogens with one attached hydrogen (secondary N) is 1. The molecule has 10 nitrogen and oxygen atoms in total. The van der Waals surface area contributed by atoms with E-state index >= 15 is 0 Å². The van der Waals surface area contributed by atoms with Crippen molar-refractivity contribution in [1.82, 2.24) is 10.4 Å². The molecule has 0 saturated heterocycles. The summed E-state index contributed by atoms with van der Waals surface area (Å²) in [7, 11) is 0. The van der Waals surface area contributed by atoms with Crippen molar-refractivity contribution in [2.24, 2.45) is 0 Å². The summed E-state index contributed by atoms with van der Waals surface area (Å²) in [5.41, 5.74) is 1.99. The van der Waals surface area contributed by atoms with Gasteiger partial charge in [0, 0.05) is 0 Å². The fourth-order valence-corrected chi connectivity index (χ4v) is 1.48. The molecule has 132 valence electrons. The molecule has 2 amide bonds. The van der Waals surface area contributed by atoms with Crippen LogP contribution in [0.15, 0.2) is 28.6 Å². The lowest BCUT2D eigenvalue weighted by Crippen LogP contribution is -2.48. The zero-order valence-electron chi connectivity index (χ0n) is 13.7. The van der Waals surface area contributed by atoms with Gasteiger partial charge >= 0.3 is 18.0 Å². The maximum absolute atomic E-state index is 12.1. The van der Waals surface area contributed by atoms with E-state index in [4.69, 9.17) is 13.9 Å². The molecule has 0 aliphatic heterocycles. The van der Waals surface area contributed by atoms with Crippen LogP contribution in [0.5, 0.6) is 0 Å². The van der Waals surface area contributed by atoms with Gasteiger partial charge in [-0.25, -0.2) is 4.79 Å². The van der Waals surface area contributed by atoms with E-state index in [0.29, 0.717) is 5.01 Å². The molecule has 24 heavy (non-hydrogen) atoms. The Morgan fingerprint density at radius 3 is 2.38 bits per heavy atom. The Morgan fingerprint density at radius 2 is 1.92 bits per heavy atom. The maximum Gasteiger partial charge on any atom is 0.532 e. The summed E-state index contributed by atoms with van der Waals surface area (Å²) in [5.74, 6) is -0.653. The van der Waals surface area contributed by atoms with Gasteiger partial charge < -0.3 is 24.0 Å². The minimum atomic E-state index is -1.14. The topological polar surface area (TPSA) is 124 Å². The molecular formula is C14H19N3O7. The van der Waals surface area contributed by atoms with Crippen molar-refractivity contribution in [3.8, 4) is 0 Å². The van der Waals surface area contributed by atoms with Crippen LogP contribution in [0.25, 0.3) is 6.08 Å². The number of hydrogen-bond acceptors (Lipinski definition) is 7. The van der Waals surface area contributed by atoms with Crippen molar-refractivity contribution < 1.29 is 28.4 Å². The SMILES string of the molecule is CC(C)OC(=O)NN(C(=O)OC(C)C)/C(=C\c1ccco1)[N+](=O)[O-]. The predicted molar refractivity (Wildman–Crippen MR) is 81.9 cm³/mol. The van der Waals surface area contributed by atoms with Gasteiger partial charge in [-0.3, -0.25) is 0 Å². The molecular weight excluding hydrogens is 322 g/mol. The Kier molecular flexibility index (Phi) is 6.78. The third-order valence-electron chi connectivity index (χ3n) is 2.30. The number of hydrazine groups is 1. The third kappa shape index (κ3) is 5.99. The second-order valence-corrected chi connectivity index (χ2v) is 5.11. The van der Waals surface area contributed by atoms with Crippen molar-refractivity contribution in [2.75, 3.05) is 0 Å². The third-order valence-corrected chi connectivity index (χ3v) is 2.30. The second-order valence-electron chi connectivity index (χ2n) is 5.11. The van der Waals surface area contributed by atoms with Crippen molar-refractivity contribution in [1.29, 1.82) is 0 Å². The molecule has 0 unspecified atom stereocenters. The van der Waals surface area contributed by atoms with Crippen LogP contribution in [0.4, 0.5) is 9.59 Å². The zero-order valence-corrected chi connectivity index (χ0v) is 13.7. The summed E-state index contributed by atoms with van der Waals surface area (Å²) in [4.78, 5) is 34.3. The number of carbonyl (C=O) groups is 2. The van der Waals surface area contributed by atoms with Crippen LogP contribution in [-0.2, 0) is 9.47 Å². The molecule has 0 aromatic carbocycles. The summed E-state index contributed by atoms with van der Waals surface area (Å²) in [5, 5.41) is 11.7. The van der Waals surface area contributed by atoms with E-state index in [1.807, 2.05) is 5.43 Å². The molecule has 10 heteroatoms. The molecule has 1 aromatic rings. The van der Waals surface area contributed by atoms with Gasteiger partial charge in [-0.1, -0.05) is 0 Å². The summed E-state index contributed by atoms with van der Waals surface area (Å²) >= 11 is 0. The van der Waals surface area contributed by atoms with Gasteiger partial charge in [-0.2, -0.15) is 4.79 Å². The molecule has 0 radical (unpaired) electrons. The van der Waals surface area contributed by atoms with E-state index in [1.54, 1.807) is 27.7 Å². The van der Waals surface area contributed by atoms with E-state index in [9.17, 15) is 19.7 Å². The van der Waals surface area contributed by atoms with Crippen LogP contribution in [0.2, 0.25) is 0 Å². The molecule has 0 aliphatic rings. The van der Waals surface area contributed by atoms with Gasteiger partial charge in [0.25, 0.3) is 0 Å². The molecule has 0 saturated carbocycles. The van der Waals surface area contributed by atoms with E-state index < -0.39 is 35.1 Å². The Labute approximate surface area is 138 Å². The highest BCUT2D eigenvalue weighted by Gasteiger charge is 2.35. The maximum atomic E-state index is 12.1. The molecule has 0 aliphatic carbocycles. The highest BCUT2D eigenvalue weighted by atomic mass is 16.6. The molecule has 0 spiro atoms. The van der Waals surface area contributed by atoms with Crippen LogP contribution in [0, 0.1) is 10.1 Å². The number of amides is 2. The number of rotatable bonds is 5. The minimum absolute atomic E-state index is 0.114. The van der Waals surface area contributed by atoms with Crippen LogP contribution < -0.4 is 5.43 Å². The van der Waals surface area contributed by atoms with Gasteiger partial charge in [0.2, 0.25) is 0 Å². The Morgan fingerprint density at radius 1 is 1.29 bits per heavy atom. The molecule has 1 aromatic heterocycles.